The number of sulfone groups is 1. The van der Waals surface area contributed by atoms with E-state index in [0.717, 1.165) is 5.69 Å². The van der Waals surface area contributed by atoms with E-state index in [4.69, 9.17) is 5.84 Å². The minimum absolute atomic E-state index is 0.0942. The standard InChI is InChI=1S/C10H20N4O2S/c1-3-17(15,16)6-4-5-9(13-11)10-7-14(2)8-12-10/h7-9,13H,3-6,11H2,1-2H3. The maximum Gasteiger partial charge on any atom is 0.150 e. The van der Waals surface area contributed by atoms with Crippen LogP contribution in [0.5, 0.6) is 0 Å². The number of nitrogens with one attached hydrogen (secondary N) is 1. The Kier molecular flexibility index (Phi) is 5.10. The van der Waals surface area contributed by atoms with Crippen molar-refractivity contribution in [1.82, 2.24) is 15.0 Å². The molecule has 0 bridgehead atoms. The molecule has 98 valence electrons. The van der Waals surface area contributed by atoms with Gasteiger partial charge < -0.3 is 4.57 Å². The topological polar surface area (TPSA) is 90.0 Å². The summed E-state index contributed by atoms with van der Waals surface area (Å²) in [6.45, 7) is 1.66. The molecule has 6 nitrogen and oxygen atoms in total. The predicted octanol–water partition coefficient (Wildman–Crippen LogP) is 0.139. The number of hydrazine groups is 1. The molecule has 0 aliphatic carbocycles. The third-order valence-corrected chi connectivity index (χ3v) is 4.46. The first-order chi connectivity index (χ1) is 7.98. The third kappa shape index (κ3) is 4.45. The monoisotopic (exact) mass is 260 g/mol. The van der Waals surface area contributed by atoms with Crippen molar-refractivity contribution in [2.24, 2.45) is 12.9 Å². The Hall–Kier alpha value is -0.920. The van der Waals surface area contributed by atoms with Crippen molar-refractivity contribution < 1.29 is 8.42 Å². The molecule has 1 aromatic rings. The van der Waals surface area contributed by atoms with Crippen molar-refractivity contribution in [3.8, 4) is 0 Å². The largest absolute Gasteiger partial charge is 0.340 e. The molecular formula is C10H20N4O2S. The Morgan fingerprint density at radius 3 is 2.76 bits per heavy atom. The molecule has 17 heavy (non-hydrogen) atoms. The molecule has 1 heterocycles. The average molecular weight is 260 g/mol. The van der Waals surface area contributed by atoms with Crippen molar-refractivity contribution in [1.29, 1.82) is 0 Å². The van der Waals surface area contributed by atoms with Crippen LogP contribution >= 0.6 is 0 Å². The van der Waals surface area contributed by atoms with Crippen LogP contribution in [0.25, 0.3) is 0 Å². The molecule has 0 spiro atoms. The molecule has 0 aliphatic heterocycles. The Bertz CT molecular complexity index is 441. The zero-order chi connectivity index (χ0) is 12.9. The minimum Gasteiger partial charge on any atom is -0.340 e. The highest BCUT2D eigenvalue weighted by Gasteiger charge is 2.14. The lowest BCUT2D eigenvalue weighted by Crippen LogP contribution is -2.28. The summed E-state index contributed by atoms with van der Waals surface area (Å²) in [5.41, 5.74) is 3.50. The first-order valence-electron chi connectivity index (χ1n) is 5.63. The highest BCUT2D eigenvalue weighted by atomic mass is 32.2. The minimum atomic E-state index is -2.89. The summed E-state index contributed by atoms with van der Waals surface area (Å²) in [6.07, 6.45) is 4.82. The molecule has 0 aromatic carbocycles. The van der Waals surface area contributed by atoms with Gasteiger partial charge in [-0.15, -0.1) is 0 Å². The van der Waals surface area contributed by atoms with Crippen LogP contribution in [-0.4, -0.2) is 29.5 Å². The highest BCUT2D eigenvalue weighted by Crippen LogP contribution is 2.15. The SMILES string of the molecule is CCS(=O)(=O)CCCC(NN)c1cn(C)cn1. The Balaban J connectivity index is 2.49. The number of rotatable bonds is 7. The van der Waals surface area contributed by atoms with E-state index >= 15 is 0 Å². The molecule has 0 radical (unpaired) electrons. The van der Waals surface area contributed by atoms with Gasteiger partial charge >= 0.3 is 0 Å². The van der Waals surface area contributed by atoms with E-state index in [0.29, 0.717) is 12.8 Å². The second-order valence-corrected chi connectivity index (χ2v) is 6.53. The van der Waals surface area contributed by atoms with Crippen LogP contribution < -0.4 is 11.3 Å². The van der Waals surface area contributed by atoms with Gasteiger partial charge in [-0.05, 0) is 12.8 Å². The number of nitrogens with two attached hydrogens (primary N) is 1. The zero-order valence-electron chi connectivity index (χ0n) is 10.3. The lowest BCUT2D eigenvalue weighted by molar-refractivity contribution is 0.497. The quantitative estimate of drug-likeness (QED) is 0.537. The van der Waals surface area contributed by atoms with Crippen molar-refractivity contribution in [2.45, 2.75) is 25.8 Å². The van der Waals surface area contributed by atoms with Gasteiger partial charge in [0.2, 0.25) is 0 Å². The molecule has 0 saturated heterocycles. The van der Waals surface area contributed by atoms with Crippen molar-refractivity contribution in [2.75, 3.05) is 11.5 Å². The fourth-order valence-electron chi connectivity index (χ4n) is 1.58. The lowest BCUT2D eigenvalue weighted by atomic mass is 10.1. The molecule has 1 atom stereocenters. The van der Waals surface area contributed by atoms with Gasteiger partial charge in [0.15, 0.2) is 0 Å². The second kappa shape index (κ2) is 6.13. The fourth-order valence-corrected chi connectivity index (χ4v) is 2.48. The van der Waals surface area contributed by atoms with Gasteiger partial charge in [0.1, 0.15) is 9.84 Å². The summed E-state index contributed by atoms with van der Waals surface area (Å²) >= 11 is 0. The van der Waals surface area contributed by atoms with Gasteiger partial charge in [-0.25, -0.2) is 13.4 Å². The van der Waals surface area contributed by atoms with Gasteiger partial charge in [0.25, 0.3) is 0 Å². The van der Waals surface area contributed by atoms with E-state index in [1.165, 1.54) is 0 Å². The maximum atomic E-state index is 11.3. The summed E-state index contributed by atoms with van der Waals surface area (Å²) in [7, 11) is -1.01. The summed E-state index contributed by atoms with van der Waals surface area (Å²) in [5.74, 6) is 5.84. The number of hydrogen-bond donors (Lipinski definition) is 2. The first-order valence-corrected chi connectivity index (χ1v) is 7.45. The number of imidazole rings is 1. The van der Waals surface area contributed by atoms with Crippen LogP contribution in [0.3, 0.4) is 0 Å². The van der Waals surface area contributed by atoms with Gasteiger partial charge in [-0.2, -0.15) is 0 Å². The molecule has 1 rings (SSSR count). The molecule has 1 unspecified atom stereocenters. The normalized spacial score (nSPS) is 13.8. The first kappa shape index (κ1) is 14.1. The third-order valence-electron chi connectivity index (χ3n) is 2.67. The number of nitrogens with zero attached hydrogens (tertiary/aromatic N) is 2. The molecule has 0 aliphatic rings. The lowest BCUT2D eigenvalue weighted by Gasteiger charge is -2.12. The fraction of sp³-hybridized carbons (Fsp3) is 0.700. The van der Waals surface area contributed by atoms with Gasteiger partial charge in [-0.1, -0.05) is 6.92 Å². The van der Waals surface area contributed by atoms with Crippen LogP contribution in [0.1, 0.15) is 31.5 Å². The molecular weight excluding hydrogens is 240 g/mol. The highest BCUT2D eigenvalue weighted by molar-refractivity contribution is 7.91. The summed E-state index contributed by atoms with van der Waals surface area (Å²) in [4.78, 5) is 4.19. The average Bonchev–Trinajstić information content (AvgIpc) is 2.71. The number of aryl methyl sites for hydroxylation is 1. The molecule has 0 saturated carbocycles. The second-order valence-electron chi connectivity index (χ2n) is 4.06. The molecule has 0 fully saturated rings. The van der Waals surface area contributed by atoms with Crippen LogP contribution in [-0.2, 0) is 16.9 Å². The van der Waals surface area contributed by atoms with E-state index in [1.807, 2.05) is 17.8 Å². The maximum absolute atomic E-state index is 11.3. The number of hydrogen-bond acceptors (Lipinski definition) is 5. The van der Waals surface area contributed by atoms with Crippen molar-refractivity contribution in [3.63, 3.8) is 0 Å². The molecule has 7 heteroatoms. The Labute approximate surface area is 102 Å². The summed E-state index contributed by atoms with van der Waals surface area (Å²) in [5, 5.41) is 0. The van der Waals surface area contributed by atoms with Crippen molar-refractivity contribution >= 4 is 9.84 Å². The summed E-state index contributed by atoms with van der Waals surface area (Å²) in [6, 6.07) is -0.0942. The van der Waals surface area contributed by atoms with Gasteiger partial charge in [0, 0.05) is 19.0 Å². The van der Waals surface area contributed by atoms with Crippen molar-refractivity contribution in [3.05, 3.63) is 18.2 Å². The van der Waals surface area contributed by atoms with Crippen LogP contribution in [0, 0.1) is 0 Å². The zero-order valence-corrected chi connectivity index (χ0v) is 11.1. The molecule has 1 aromatic heterocycles. The van der Waals surface area contributed by atoms with E-state index in [1.54, 1.807) is 13.3 Å². The van der Waals surface area contributed by atoms with E-state index in [9.17, 15) is 8.42 Å². The van der Waals surface area contributed by atoms with Crippen LogP contribution in [0.4, 0.5) is 0 Å². The number of aromatic nitrogens is 2. The van der Waals surface area contributed by atoms with Crippen LogP contribution in [0.15, 0.2) is 12.5 Å². The Morgan fingerprint density at radius 2 is 2.29 bits per heavy atom. The van der Waals surface area contributed by atoms with Gasteiger partial charge in [0.05, 0.1) is 23.8 Å². The molecule has 0 amide bonds. The smallest absolute Gasteiger partial charge is 0.150 e. The van der Waals surface area contributed by atoms with Crippen LogP contribution in [0.2, 0.25) is 0 Å². The van der Waals surface area contributed by atoms with E-state index in [2.05, 4.69) is 10.4 Å². The summed E-state index contributed by atoms with van der Waals surface area (Å²) < 4.78 is 24.5. The Morgan fingerprint density at radius 1 is 1.59 bits per heavy atom. The predicted molar refractivity (Wildman–Crippen MR) is 66.8 cm³/mol. The molecule has 3 N–H and O–H groups in total. The van der Waals surface area contributed by atoms with E-state index < -0.39 is 9.84 Å². The van der Waals surface area contributed by atoms with E-state index in [-0.39, 0.29) is 17.5 Å². The van der Waals surface area contributed by atoms with Gasteiger partial charge in [-0.3, -0.25) is 11.3 Å².